The molecule has 4 rings (SSSR count). The van der Waals surface area contributed by atoms with Crippen molar-refractivity contribution in [3.05, 3.63) is 53.7 Å². The number of carbonyl (C=O) groups is 1. The van der Waals surface area contributed by atoms with Crippen LogP contribution in [0.2, 0.25) is 0 Å². The van der Waals surface area contributed by atoms with Gasteiger partial charge < -0.3 is 15.4 Å². The zero-order valence-corrected chi connectivity index (χ0v) is 22.0. The van der Waals surface area contributed by atoms with Crippen LogP contribution in [0.15, 0.2) is 48.1 Å². The van der Waals surface area contributed by atoms with Gasteiger partial charge in [-0.25, -0.2) is 14.5 Å². The topological polar surface area (TPSA) is 96.7 Å². The first-order valence-corrected chi connectivity index (χ1v) is 13.1. The fraction of sp³-hybridized carbons (Fsp3) is 0.385. The van der Waals surface area contributed by atoms with Crippen molar-refractivity contribution in [2.75, 3.05) is 45.2 Å². The third kappa shape index (κ3) is 5.89. The number of pyridine rings is 1. The van der Waals surface area contributed by atoms with Crippen molar-refractivity contribution in [1.82, 2.24) is 29.8 Å². The molecular weight excluding hydrogens is 474 g/mol. The van der Waals surface area contributed by atoms with Crippen LogP contribution < -0.4 is 10.6 Å². The van der Waals surface area contributed by atoms with Crippen molar-refractivity contribution < 1.29 is 9.53 Å². The number of likely N-dealkylation sites (N-methyl/N-ethyl adjacent to an activating group) is 1. The number of anilines is 1. The largest absolute Gasteiger partial charge is 0.383 e. The monoisotopic (exact) mass is 507 g/mol. The molecule has 4 aromatic rings. The molecule has 10 heteroatoms. The molecule has 0 spiro atoms. The standard InChI is InChI=1S/C26H33N7O2S/c1-5-32(6-2)18(3)16-28-26(34)19-14-22(30-24(15-19)27-10-12-35-4)20-17-29-33-11-9-21(31-25(20)33)23-8-7-13-36-23/h7-9,11,13-15,17-18H,5-6,10,12,16H2,1-4H3,(H,27,30)(H,28,34). The maximum absolute atomic E-state index is 13.2. The number of methoxy groups -OCH3 is 1. The van der Waals surface area contributed by atoms with Crippen molar-refractivity contribution in [3.63, 3.8) is 0 Å². The SMILES string of the molecule is CCN(CC)C(C)CNC(=O)c1cc(NCCOC)nc(-c2cnn3ccc(-c4cccs4)nc23)c1. The van der Waals surface area contributed by atoms with Gasteiger partial charge in [0, 0.05) is 38.0 Å². The molecule has 2 N–H and O–H groups in total. The van der Waals surface area contributed by atoms with Gasteiger partial charge in [-0.15, -0.1) is 11.3 Å². The van der Waals surface area contributed by atoms with Gasteiger partial charge in [-0.05, 0) is 49.7 Å². The molecule has 0 saturated heterocycles. The molecule has 0 aliphatic heterocycles. The van der Waals surface area contributed by atoms with E-state index in [9.17, 15) is 4.79 Å². The number of amides is 1. The summed E-state index contributed by atoms with van der Waals surface area (Å²) in [6.45, 7) is 9.92. The Morgan fingerprint density at radius 1 is 1.19 bits per heavy atom. The van der Waals surface area contributed by atoms with Crippen molar-refractivity contribution in [1.29, 1.82) is 0 Å². The lowest BCUT2D eigenvalue weighted by Crippen LogP contribution is -2.42. The van der Waals surface area contributed by atoms with Crippen molar-refractivity contribution in [3.8, 4) is 21.8 Å². The quantitative estimate of drug-likeness (QED) is 0.279. The minimum absolute atomic E-state index is 0.142. The van der Waals surface area contributed by atoms with Crippen LogP contribution in [0.1, 0.15) is 31.1 Å². The molecule has 0 fully saturated rings. The molecule has 4 aromatic heterocycles. The van der Waals surface area contributed by atoms with E-state index in [0.717, 1.165) is 29.2 Å². The Bertz CT molecular complexity index is 1280. The number of carbonyl (C=O) groups excluding carboxylic acids is 1. The Labute approximate surface area is 215 Å². The second kappa shape index (κ2) is 12.1. The van der Waals surface area contributed by atoms with Crippen LogP contribution in [0.5, 0.6) is 0 Å². The molecule has 36 heavy (non-hydrogen) atoms. The summed E-state index contributed by atoms with van der Waals surface area (Å²) in [5, 5.41) is 12.8. The van der Waals surface area contributed by atoms with Gasteiger partial charge in [0.2, 0.25) is 0 Å². The molecule has 0 bridgehead atoms. The Balaban J connectivity index is 1.66. The summed E-state index contributed by atoms with van der Waals surface area (Å²) in [5.41, 5.74) is 3.47. The predicted molar refractivity (Wildman–Crippen MR) is 145 cm³/mol. The van der Waals surface area contributed by atoms with Gasteiger partial charge in [-0.3, -0.25) is 9.69 Å². The van der Waals surface area contributed by atoms with Crippen LogP contribution >= 0.6 is 11.3 Å². The number of rotatable bonds is 12. The molecule has 4 heterocycles. The fourth-order valence-corrected chi connectivity index (χ4v) is 4.80. The Hall–Kier alpha value is -3.34. The number of hydrogen-bond acceptors (Lipinski definition) is 8. The minimum Gasteiger partial charge on any atom is -0.383 e. The molecule has 190 valence electrons. The zero-order chi connectivity index (χ0) is 25.5. The van der Waals surface area contributed by atoms with Gasteiger partial charge in [0.1, 0.15) is 5.82 Å². The molecule has 0 aliphatic rings. The lowest BCUT2D eigenvalue weighted by Gasteiger charge is -2.26. The van der Waals surface area contributed by atoms with Crippen LogP contribution in [0, 0.1) is 0 Å². The third-order valence-electron chi connectivity index (χ3n) is 6.11. The van der Waals surface area contributed by atoms with Gasteiger partial charge in [-0.1, -0.05) is 19.9 Å². The van der Waals surface area contributed by atoms with Crippen molar-refractivity contribution in [2.24, 2.45) is 0 Å². The highest BCUT2D eigenvalue weighted by atomic mass is 32.1. The molecule has 1 unspecified atom stereocenters. The van der Waals surface area contributed by atoms with E-state index in [0.29, 0.717) is 42.4 Å². The highest BCUT2D eigenvalue weighted by Crippen LogP contribution is 2.28. The lowest BCUT2D eigenvalue weighted by atomic mass is 10.1. The van der Waals surface area contributed by atoms with Crippen LogP contribution in [0.4, 0.5) is 5.82 Å². The Kier molecular flexibility index (Phi) is 8.63. The molecule has 0 aliphatic carbocycles. The van der Waals surface area contributed by atoms with Gasteiger partial charge in [0.05, 0.1) is 34.6 Å². The summed E-state index contributed by atoms with van der Waals surface area (Å²) in [5.74, 6) is 0.455. The molecule has 1 amide bonds. The average Bonchev–Trinajstić information content (AvgIpc) is 3.58. The maximum Gasteiger partial charge on any atom is 0.251 e. The first-order chi connectivity index (χ1) is 17.5. The fourth-order valence-electron chi connectivity index (χ4n) is 4.10. The van der Waals surface area contributed by atoms with Crippen molar-refractivity contribution in [2.45, 2.75) is 26.8 Å². The lowest BCUT2D eigenvalue weighted by molar-refractivity contribution is 0.0938. The van der Waals surface area contributed by atoms with Crippen LogP contribution in [0.3, 0.4) is 0 Å². The van der Waals surface area contributed by atoms with Gasteiger partial charge >= 0.3 is 0 Å². The zero-order valence-electron chi connectivity index (χ0n) is 21.2. The van der Waals surface area contributed by atoms with E-state index in [2.05, 4.69) is 41.4 Å². The summed E-state index contributed by atoms with van der Waals surface area (Å²) < 4.78 is 6.89. The van der Waals surface area contributed by atoms with E-state index in [-0.39, 0.29) is 11.9 Å². The van der Waals surface area contributed by atoms with Gasteiger partial charge in [0.15, 0.2) is 5.65 Å². The first kappa shape index (κ1) is 25.7. The summed E-state index contributed by atoms with van der Waals surface area (Å²) >= 11 is 1.64. The van der Waals surface area contributed by atoms with Gasteiger partial charge in [-0.2, -0.15) is 5.10 Å². The first-order valence-electron chi connectivity index (χ1n) is 12.2. The number of fused-ring (bicyclic) bond motifs is 1. The highest BCUT2D eigenvalue weighted by Gasteiger charge is 2.17. The van der Waals surface area contributed by atoms with Crippen molar-refractivity contribution >= 4 is 28.7 Å². The molecule has 0 aromatic carbocycles. The maximum atomic E-state index is 13.2. The molecule has 9 nitrogen and oxygen atoms in total. The van der Waals surface area contributed by atoms with Crippen LogP contribution in [0.25, 0.3) is 27.5 Å². The Morgan fingerprint density at radius 2 is 2.03 bits per heavy atom. The summed E-state index contributed by atoms with van der Waals surface area (Å²) in [6.07, 6.45) is 3.63. The van der Waals surface area contributed by atoms with Gasteiger partial charge in [0.25, 0.3) is 5.91 Å². The number of hydrogen-bond donors (Lipinski definition) is 2. The second-order valence-corrected chi connectivity index (χ2v) is 9.39. The second-order valence-electron chi connectivity index (χ2n) is 8.44. The van der Waals surface area contributed by atoms with E-state index in [1.807, 2.05) is 29.8 Å². The number of nitrogens with zero attached hydrogens (tertiary/aromatic N) is 5. The number of ether oxygens (including phenoxy) is 1. The third-order valence-corrected chi connectivity index (χ3v) is 7.00. The number of nitrogens with one attached hydrogen (secondary N) is 2. The predicted octanol–water partition coefficient (Wildman–Crippen LogP) is 4.04. The van der Waals surface area contributed by atoms with Crippen LogP contribution in [-0.2, 0) is 4.74 Å². The molecular formula is C26H33N7O2S. The summed E-state index contributed by atoms with van der Waals surface area (Å²) in [4.78, 5) is 26.2. The normalized spacial score (nSPS) is 12.2. The molecule has 0 saturated carbocycles. The van der Waals surface area contributed by atoms with E-state index in [4.69, 9.17) is 14.7 Å². The summed E-state index contributed by atoms with van der Waals surface area (Å²) in [7, 11) is 1.65. The Morgan fingerprint density at radius 3 is 2.75 bits per heavy atom. The summed E-state index contributed by atoms with van der Waals surface area (Å²) in [6, 6.07) is 9.80. The number of thiophene rings is 1. The number of aromatic nitrogens is 4. The van der Waals surface area contributed by atoms with E-state index in [1.165, 1.54) is 0 Å². The van der Waals surface area contributed by atoms with Crippen LogP contribution in [-0.4, -0.2) is 76.3 Å². The highest BCUT2D eigenvalue weighted by molar-refractivity contribution is 7.13. The van der Waals surface area contributed by atoms with E-state index in [1.54, 1.807) is 41.3 Å². The van der Waals surface area contributed by atoms with E-state index < -0.39 is 0 Å². The smallest absolute Gasteiger partial charge is 0.251 e. The average molecular weight is 508 g/mol. The molecule has 1 atom stereocenters. The minimum atomic E-state index is -0.142. The van der Waals surface area contributed by atoms with E-state index >= 15 is 0 Å². The molecule has 0 radical (unpaired) electrons.